The van der Waals surface area contributed by atoms with Gasteiger partial charge in [-0.05, 0) is 38.5 Å². The smallest absolute Gasteiger partial charge is 0.362 e. The molecule has 0 radical (unpaired) electrons. The summed E-state index contributed by atoms with van der Waals surface area (Å²) >= 11 is 0. The SMILES string of the molecule is CCCCC/C=C/C=C/CCCCCCCCCCCCC(=O)OCC(COCCC(C(=O)O)[N+](C)(C)C)OC(=O)CCCCCCCCCCCCCCCCCCC. The molecule has 8 heteroatoms. The van der Waals surface area contributed by atoms with Crippen molar-refractivity contribution in [2.24, 2.45) is 0 Å². The number of nitrogens with zero attached hydrogens (tertiary/aromatic N) is 1. The number of carboxylic acids is 1. The summed E-state index contributed by atoms with van der Waals surface area (Å²) < 4.78 is 17.4. The van der Waals surface area contributed by atoms with Crippen molar-refractivity contribution in [2.75, 3.05) is 41.0 Å². The first-order valence-electron chi connectivity index (χ1n) is 25.4. The predicted octanol–water partition coefficient (Wildman–Crippen LogP) is 14.4. The minimum atomic E-state index is -0.872. The minimum Gasteiger partial charge on any atom is -0.477 e. The average molecular weight is 849 g/mol. The molecular weight excluding hydrogens is 751 g/mol. The van der Waals surface area contributed by atoms with Crippen molar-refractivity contribution in [3.8, 4) is 0 Å². The van der Waals surface area contributed by atoms with E-state index in [2.05, 4.69) is 38.2 Å². The van der Waals surface area contributed by atoms with Gasteiger partial charge in [-0.3, -0.25) is 9.59 Å². The van der Waals surface area contributed by atoms with E-state index in [9.17, 15) is 19.5 Å². The normalized spacial score (nSPS) is 13.0. The number of aliphatic carboxylic acids is 1. The highest BCUT2D eigenvalue weighted by Crippen LogP contribution is 2.16. The number of carbonyl (C=O) groups excluding carboxylic acids is 2. The van der Waals surface area contributed by atoms with Gasteiger partial charge in [-0.1, -0.05) is 205 Å². The zero-order valence-electron chi connectivity index (χ0n) is 40.2. The number of ether oxygens (including phenoxy) is 3. The van der Waals surface area contributed by atoms with Crippen LogP contribution in [-0.4, -0.2) is 80.6 Å². The summed E-state index contributed by atoms with van der Waals surface area (Å²) in [5.41, 5.74) is 0. The van der Waals surface area contributed by atoms with Gasteiger partial charge in [-0.25, -0.2) is 4.79 Å². The maximum absolute atomic E-state index is 12.8. The highest BCUT2D eigenvalue weighted by Gasteiger charge is 2.31. The molecule has 0 saturated carbocycles. The monoisotopic (exact) mass is 849 g/mol. The van der Waals surface area contributed by atoms with E-state index in [0.717, 1.165) is 38.5 Å². The van der Waals surface area contributed by atoms with Gasteiger partial charge in [0.05, 0.1) is 34.4 Å². The highest BCUT2D eigenvalue weighted by atomic mass is 16.6. The molecule has 0 saturated heterocycles. The summed E-state index contributed by atoms with van der Waals surface area (Å²) in [6, 6.07) is -0.612. The zero-order chi connectivity index (χ0) is 44.2. The summed E-state index contributed by atoms with van der Waals surface area (Å²) in [6.45, 7) is 4.75. The van der Waals surface area contributed by atoms with Crippen LogP contribution in [-0.2, 0) is 28.6 Å². The molecule has 0 fully saturated rings. The number of carbonyl (C=O) groups is 3. The van der Waals surface area contributed by atoms with Crippen LogP contribution >= 0.6 is 0 Å². The van der Waals surface area contributed by atoms with Crippen LogP contribution in [0, 0.1) is 0 Å². The van der Waals surface area contributed by atoms with Gasteiger partial charge in [0, 0.05) is 19.3 Å². The van der Waals surface area contributed by atoms with Gasteiger partial charge < -0.3 is 23.8 Å². The molecule has 0 spiro atoms. The standard InChI is InChI=1S/C52H97NO7/c1-6-8-10-12-14-16-18-20-22-24-25-27-28-30-32-34-36-38-40-42-50(54)59-47-48(46-58-45-44-49(52(56)57)53(3,4)5)60-51(55)43-41-39-37-35-33-31-29-26-23-21-19-17-15-13-11-9-7-2/h14,16,18,20,48-49H,6-13,15,17,19,21-47H2,1-5H3/p+1/b16-14+,20-18+. The van der Waals surface area contributed by atoms with Crippen molar-refractivity contribution >= 4 is 17.9 Å². The molecule has 2 atom stereocenters. The lowest BCUT2D eigenvalue weighted by atomic mass is 10.0. The van der Waals surface area contributed by atoms with E-state index in [-0.39, 0.29) is 36.2 Å². The van der Waals surface area contributed by atoms with Crippen LogP contribution in [0.3, 0.4) is 0 Å². The molecule has 0 heterocycles. The van der Waals surface area contributed by atoms with Gasteiger partial charge in [0.25, 0.3) is 0 Å². The number of likely N-dealkylation sites (N-methyl/N-ethyl adjacent to an activating group) is 1. The maximum Gasteiger partial charge on any atom is 0.362 e. The van der Waals surface area contributed by atoms with Gasteiger partial charge >= 0.3 is 17.9 Å². The highest BCUT2D eigenvalue weighted by molar-refractivity contribution is 5.72. The van der Waals surface area contributed by atoms with E-state index in [4.69, 9.17) is 14.2 Å². The number of hydrogen-bond donors (Lipinski definition) is 1. The molecule has 0 aromatic rings. The van der Waals surface area contributed by atoms with Crippen LogP contribution in [0.5, 0.6) is 0 Å². The molecule has 60 heavy (non-hydrogen) atoms. The molecule has 352 valence electrons. The summed E-state index contributed by atoms with van der Waals surface area (Å²) in [5, 5.41) is 9.65. The summed E-state index contributed by atoms with van der Waals surface area (Å²) in [6.07, 6.45) is 49.3. The van der Waals surface area contributed by atoms with Crippen LogP contribution in [0.15, 0.2) is 24.3 Å². The summed E-state index contributed by atoms with van der Waals surface area (Å²) in [7, 11) is 5.54. The van der Waals surface area contributed by atoms with Gasteiger partial charge in [0.2, 0.25) is 0 Å². The third-order valence-electron chi connectivity index (χ3n) is 11.6. The van der Waals surface area contributed by atoms with Crippen LogP contribution in [0.2, 0.25) is 0 Å². The van der Waals surface area contributed by atoms with Crippen LogP contribution in [0.1, 0.15) is 239 Å². The molecule has 0 aliphatic rings. The molecule has 0 aromatic heterocycles. The van der Waals surface area contributed by atoms with Crippen molar-refractivity contribution in [1.29, 1.82) is 0 Å². The maximum atomic E-state index is 12.8. The molecule has 0 aromatic carbocycles. The quantitative estimate of drug-likeness (QED) is 0.0282. The summed E-state index contributed by atoms with van der Waals surface area (Å²) in [4.78, 5) is 37.1. The van der Waals surface area contributed by atoms with Crippen molar-refractivity contribution in [3.63, 3.8) is 0 Å². The van der Waals surface area contributed by atoms with Crippen LogP contribution in [0.4, 0.5) is 0 Å². The Morgan fingerprint density at radius 2 is 0.867 bits per heavy atom. The lowest BCUT2D eigenvalue weighted by molar-refractivity contribution is -0.887. The molecule has 0 aliphatic heterocycles. The van der Waals surface area contributed by atoms with Crippen molar-refractivity contribution < 1.29 is 38.2 Å². The number of allylic oxidation sites excluding steroid dienone is 4. The first-order chi connectivity index (χ1) is 29.1. The van der Waals surface area contributed by atoms with E-state index in [0.29, 0.717) is 19.3 Å². The van der Waals surface area contributed by atoms with Gasteiger partial charge in [-0.15, -0.1) is 0 Å². The van der Waals surface area contributed by atoms with Crippen LogP contribution in [0.25, 0.3) is 0 Å². The number of quaternary nitrogens is 1. The van der Waals surface area contributed by atoms with Crippen molar-refractivity contribution in [2.45, 2.75) is 251 Å². The Bertz CT molecular complexity index is 1040. The fourth-order valence-corrected chi connectivity index (χ4v) is 7.67. The molecule has 0 aliphatic carbocycles. The summed E-state index contributed by atoms with van der Waals surface area (Å²) in [5.74, 6) is -1.45. The number of esters is 2. The van der Waals surface area contributed by atoms with Gasteiger partial charge in [0.15, 0.2) is 12.1 Å². The largest absolute Gasteiger partial charge is 0.477 e. The third kappa shape index (κ3) is 41.2. The Balaban J connectivity index is 4.23. The Labute approximate surface area is 371 Å². The van der Waals surface area contributed by atoms with E-state index in [1.54, 1.807) is 0 Å². The van der Waals surface area contributed by atoms with E-state index >= 15 is 0 Å². The fraction of sp³-hybridized carbons (Fsp3) is 0.865. The zero-order valence-corrected chi connectivity index (χ0v) is 40.2. The number of hydrogen-bond acceptors (Lipinski definition) is 6. The third-order valence-corrected chi connectivity index (χ3v) is 11.6. The first kappa shape index (κ1) is 57.8. The lowest BCUT2D eigenvalue weighted by Crippen LogP contribution is -2.50. The Morgan fingerprint density at radius 3 is 1.28 bits per heavy atom. The Morgan fingerprint density at radius 1 is 0.500 bits per heavy atom. The predicted molar refractivity (Wildman–Crippen MR) is 252 cm³/mol. The van der Waals surface area contributed by atoms with Crippen LogP contribution < -0.4 is 0 Å². The second-order valence-corrected chi connectivity index (χ2v) is 18.5. The molecule has 8 nitrogen and oxygen atoms in total. The Kier molecular flexibility index (Phi) is 41.9. The second kappa shape index (κ2) is 43.5. The van der Waals surface area contributed by atoms with E-state index in [1.807, 2.05) is 21.1 Å². The molecule has 0 rings (SSSR count). The minimum absolute atomic E-state index is 0.0478. The van der Waals surface area contributed by atoms with E-state index < -0.39 is 18.1 Å². The second-order valence-electron chi connectivity index (χ2n) is 18.5. The molecule has 2 unspecified atom stereocenters. The van der Waals surface area contributed by atoms with Gasteiger partial charge in [0.1, 0.15) is 6.61 Å². The van der Waals surface area contributed by atoms with Crippen molar-refractivity contribution in [3.05, 3.63) is 24.3 Å². The number of rotatable bonds is 46. The first-order valence-corrected chi connectivity index (χ1v) is 25.4. The Hall–Kier alpha value is -2.19. The average Bonchev–Trinajstić information content (AvgIpc) is 3.21. The molecular formula is C52H98NO7+. The topological polar surface area (TPSA) is 99.1 Å². The molecule has 0 bridgehead atoms. The van der Waals surface area contributed by atoms with E-state index in [1.165, 1.54) is 167 Å². The lowest BCUT2D eigenvalue weighted by Gasteiger charge is -2.31. The molecule has 0 amide bonds. The van der Waals surface area contributed by atoms with Crippen molar-refractivity contribution in [1.82, 2.24) is 0 Å². The number of unbranched alkanes of at least 4 members (excludes halogenated alkanes) is 29. The fourth-order valence-electron chi connectivity index (χ4n) is 7.67. The molecule has 1 N–H and O–H groups in total. The number of carboxylic acid groups (broad SMARTS) is 1. The van der Waals surface area contributed by atoms with Gasteiger partial charge in [-0.2, -0.15) is 0 Å².